The van der Waals surface area contributed by atoms with Gasteiger partial charge >= 0.3 is 5.97 Å². The zero-order valence-electron chi connectivity index (χ0n) is 11.5. The van der Waals surface area contributed by atoms with Crippen LogP contribution in [-0.2, 0) is 11.3 Å². The molecule has 1 amide bonds. The van der Waals surface area contributed by atoms with Crippen molar-refractivity contribution in [1.29, 1.82) is 0 Å². The summed E-state index contributed by atoms with van der Waals surface area (Å²) in [6.07, 6.45) is 4.78. The Hall–Kier alpha value is -1.30. The van der Waals surface area contributed by atoms with E-state index in [-0.39, 0.29) is 17.7 Å². The van der Waals surface area contributed by atoms with Crippen LogP contribution in [0.5, 0.6) is 0 Å². The summed E-state index contributed by atoms with van der Waals surface area (Å²) in [6.45, 7) is 3.13. The molecular formula is C14H19BrN2O3. The number of carbonyl (C=O) groups excluding carboxylic acids is 1. The molecule has 1 fully saturated rings. The number of amides is 1. The first-order valence-corrected chi connectivity index (χ1v) is 7.61. The van der Waals surface area contributed by atoms with Gasteiger partial charge in [-0.2, -0.15) is 0 Å². The van der Waals surface area contributed by atoms with Crippen molar-refractivity contribution in [2.24, 2.45) is 5.41 Å². The smallest absolute Gasteiger partial charge is 0.303 e. The Morgan fingerprint density at radius 1 is 1.50 bits per heavy atom. The molecule has 20 heavy (non-hydrogen) atoms. The molecule has 1 aromatic heterocycles. The highest BCUT2D eigenvalue weighted by atomic mass is 79.9. The number of rotatable bonds is 6. The summed E-state index contributed by atoms with van der Waals surface area (Å²) in [7, 11) is 0. The maximum Gasteiger partial charge on any atom is 0.303 e. The third kappa shape index (κ3) is 3.23. The summed E-state index contributed by atoms with van der Waals surface area (Å²) in [4.78, 5) is 23.1. The molecule has 2 rings (SSSR count). The predicted molar refractivity (Wildman–Crippen MR) is 78.7 cm³/mol. The van der Waals surface area contributed by atoms with Crippen LogP contribution in [0.2, 0.25) is 0 Å². The number of halogens is 1. The second-order valence-electron chi connectivity index (χ2n) is 5.44. The van der Waals surface area contributed by atoms with Crippen LogP contribution in [0.4, 0.5) is 0 Å². The van der Waals surface area contributed by atoms with E-state index < -0.39 is 5.97 Å². The van der Waals surface area contributed by atoms with Gasteiger partial charge in [-0.05, 0) is 47.2 Å². The van der Waals surface area contributed by atoms with Gasteiger partial charge in [-0.1, -0.05) is 6.42 Å². The minimum Gasteiger partial charge on any atom is -0.481 e. The molecule has 2 N–H and O–H groups in total. The molecule has 0 aliphatic heterocycles. The van der Waals surface area contributed by atoms with Crippen molar-refractivity contribution in [3.63, 3.8) is 0 Å². The van der Waals surface area contributed by atoms with Crippen LogP contribution in [0.25, 0.3) is 0 Å². The van der Waals surface area contributed by atoms with Crippen LogP contribution in [0.3, 0.4) is 0 Å². The summed E-state index contributed by atoms with van der Waals surface area (Å²) in [5.74, 6) is -0.937. The van der Waals surface area contributed by atoms with Crippen molar-refractivity contribution in [2.45, 2.75) is 39.2 Å². The van der Waals surface area contributed by atoms with Crippen LogP contribution >= 0.6 is 15.9 Å². The highest BCUT2D eigenvalue weighted by Gasteiger charge is 2.39. The molecular weight excluding hydrogens is 324 g/mol. The standard InChI is InChI=1S/C14H19BrN2O3/c1-2-17-8-10(15)6-11(17)13(20)16-9-14(4-3-5-14)7-12(18)19/h6,8H,2-5,7,9H2,1H3,(H,16,20)(H,18,19). The highest BCUT2D eigenvalue weighted by Crippen LogP contribution is 2.43. The summed E-state index contributed by atoms with van der Waals surface area (Å²) in [5, 5.41) is 11.9. The van der Waals surface area contributed by atoms with E-state index in [1.807, 2.05) is 17.7 Å². The molecule has 0 atom stereocenters. The molecule has 1 aromatic rings. The average Bonchev–Trinajstić information content (AvgIpc) is 2.73. The van der Waals surface area contributed by atoms with Gasteiger partial charge < -0.3 is 15.0 Å². The van der Waals surface area contributed by atoms with Gasteiger partial charge in [-0.25, -0.2) is 0 Å². The van der Waals surface area contributed by atoms with Gasteiger partial charge in [0.15, 0.2) is 0 Å². The van der Waals surface area contributed by atoms with E-state index in [0.29, 0.717) is 18.8 Å². The van der Waals surface area contributed by atoms with Crippen molar-refractivity contribution in [3.05, 3.63) is 22.4 Å². The fourth-order valence-corrected chi connectivity index (χ4v) is 3.16. The molecule has 1 aliphatic rings. The fourth-order valence-electron chi connectivity index (χ4n) is 2.70. The normalized spacial score (nSPS) is 16.5. The summed E-state index contributed by atoms with van der Waals surface area (Å²) < 4.78 is 2.73. The second-order valence-corrected chi connectivity index (χ2v) is 6.35. The molecule has 1 aliphatic carbocycles. The molecule has 5 nitrogen and oxygen atoms in total. The number of aliphatic carboxylic acids is 1. The molecule has 110 valence electrons. The number of nitrogens with one attached hydrogen (secondary N) is 1. The van der Waals surface area contributed by atoms with Crippen LogP contribution in [0, 0.1) is 5.41 Å². The van der Waals surface area contributed by atoms with Crippen molar-refractivity contribution < 1.29 is 14.7 Å². The Bertz CT molecular complexity index is 520. The first-order valence-electron chi connectivity index (χ1n) is 6.81. The Morgan fingerprint density at radius 2 is 2.20 bits per heavy atom. The SMILES string of the molecule is CCn1cc(Br)cc1C(=O)NCC1(CC(=O)O)CCC1. The third-order valence-electron chi connectivity index (χ3n) is 4.00. The van der Waals surface area contributed by atoms with Crippen molar-refractivity contribution in [3.8, 4) is 0 Å². The molecule has 6 heteroatoms. The number of hydrogen-bond acceptors (Lipinski definition) is 2. The largest absolute Gasteiger partial charge is 0.481 e. The van der Waals surface area contributed by atoms with Crippen LogP contribution in [0.1, 0.15) is 43.1 Å². The van der Waals surface area contributed by atoms with Crippen molar-refractivity contribution in [1.82, 2.24) is 9.88 Å². The van der Waals surface area contributed by atoms with Crippen LogP contribution < -0.4 is 5.32 Å². The third-order valence-corrected chi connectivity index (χ3v) is 4.43. The lowest BCUT2D eigenvalue weighted by atomic mass is 9.66. The second kappa shape index (κ2) is 5.99. The quantitative estimate of drug-likeness (QED) is 0.834. The molecule has 1 saturated carbocycles. The lowest BCUT2D eigenvalue weighted by Crippen LogP contribution is -2.43. The summed E-state index contributed by atoms with van der Waals surface area (Å²) in [5.41, 5.74) is 0.353. The topological polar surface area (TPSA) is 71.3 Å². The zero-order chi connectivity index (χ0) is 14.8. The lowest BCUT2D eigenvalue weighted by molar-refractivity contribution is -0.141. The Kier molecular flexibility index (Phi) is 4.52. The van der Waals surface area contributed by atoms with E-state index in [1.165, 1.54) is 0 Å². The molecule has 0 bridgehead atoms. The molecule has 1 heterocycles. The van der Waals surface area contributed by atoms with Gasteiger partial charge in [0.25, 0.3) is 5.91 Å². The Labute approximate surface area is 126 Å². The van der Waals surface area contributed by atoms with E-state index in [1.54, 1.807) is 6.07 Å². The molecule has 0 saturated heterocycles. The zero-order valence-corrected chi connectivity index (χ0v) is 13.1. The number of hydrogen-bond donors (Lipinski definition) is 2. The Morgan fingerprint density at radius 3 is 2.70 bits per heavy atom. The number of nitrogens with zero attached hydrogens (tertiary/aromatic N) is 1. The van der Waals surface area contributed by atoms with Gasteiger partial charge in [0.05, 0.1) is 6.42 Å². The van der Waals surface area contributed by atoms with E-state index in [0.717, 1.165) is 23.7 Å². The van der Waals surface area contributed by atoms with E-state index >= 15 is 0 Å². The highest BCUT2D eigenvalue weighted by molar-refractivity contribution is 9.10. The molecule has 0 unspecified atom stereocenters. The minimum absolute atomic E-state index is 0.131. The van der Waals surface area contributed by atoms with E-state index in [9.17, 15) is 9.59 Å². The monoisotopic (exact) mass is 342 g/mol. The molecule has 0 aromatic carbocycles. The number of carboxylic acids is 1. The maximum absolute atomic E-state index is 12.2. The number of carbonyl (C=O) groups is 2. The van der Waals surface area contributed by atoms with Gasteiger partial charge in [0.1, 0.15) is 5.69 Å². The molecule has 0 radical (unpaired) electrons. The summed E-state index contributed by atoms with van der Waals surface area (Å²) in [6, 6.07) is 1.78. The van der Waals surface area contributed by atoms with E-state index in [2.05, 4.69) is 21.2 Å². The first-order chi connectivity index (χ1) is 9.46. The van der Waals surface area contributed by atoms with Gasteiger partial charge in [-0.15, -0.1) is 0 Å². The minimum atomic E-state index is -0.793. The van der Waals surface area contributed by atoms with Crippen molar-refractivity contribution in [2.75, 3.05) is 6.54 Å². The first kappa shape index (κ1) is 15.1. The average molecular weight is 343 g/mol. The van der Waals surface area contributed by atoms with Gasteiger partial charge in [0.2, 0.25) is 0 Å². The summed E-state index contributed by atoms with van der Waals surface area (Å²) >= 11 is 3.36. The fraction of sp³-hybridized carbons (Fsp3) is 0.571. The number of carboxylic acid groups (broad SMARTS) is 1. The van der Waals surface area contributed by atoms with Crippen LogP contribution in [-0.4, -0.2) is 28.1 Å². The lowest BCUT2D eigenvalue weighted by Gasteiger charge is -2.40. The predicted octanol–water partition coefficient (Wildman–Crippen LogP) is 2.65. The van der Waals surface area contributed by atoms with Gasteiger partial charge in [-0.3, -0.25) is 9.59 Å². The van der Waals surface area contributed by atoms with E-state index in [4.69, 9.17) is 5.11 Å². The molecule has 0 spiro atoms. The van der Waals surface area contributed by atoms with Crippen molar-refractivity contribution >= 4 is 27.8 Å². The Balaban J connectivity index is 1.99. The number of aromatic nitrogens is 1. The van der Waals surface area contributed by atoms with Gasteiger partial charge in [0, 0.05) is 23.8 Å². The van der Waals surface area contributed by atoms with Crippen LogP contribution in [0.15, 0.2) is 16.7 Å². The number of aryl methyl sites for hydroxylation is 1. The maximum atomic E-state index is 12.2.